The fourth-order valence-corrected chi connectivity index (χ4v) is 2.70. The number of anilines is 3. The molecule has 0 aliphatic carbocycles. The second-order valence-electron chi connectivity index (χ2n) is 5.67. The Morgan fingerprint density at radius 1 is 1.04 bits per heavy atom. The lowest BCUT2D eigenvalue weighted by Crippen LogP contribution is -2.10. The molecule has 3 aromatic rings. The summed E-state index contributed by atoms with van der Waals surface area (Å²) in [5, 5.41) is 15.0. The zero-order chi connectivity index (χ0) is 19.1. The van der Waals surface area contributed by atoms with Crippen molar-refractivity contribution in [3.63, 3.8) is 0 Å². The summed E-state index contributed by atoms with van der Waals surface area (Å²) in [5.41, 5.74) is 1.94. The first-order valence-corrected chi connectivity index (χ1v) is 8.73. The third-order valence-corrected chi connectivity index (χ3v) is 4.04. The summed E-state index contributed by atoms with van der Waals surface area (Å²) in [6.45, 7) is 0.651. The SMILES string of the molecule is COc1ccc(CCNc2nncc(Nc3cccc(Cl)c3)n2)cc1OC. The number of ether oxygens (including phenoxy) is 2. The Hall–Kier alpha value is -3.06. The van der Waals surface area contributed by atoms with Crippen molar-refractivity contribution >= 4 is 29.1 Å². The molecule has 0 aliphatic rings. The van der Waals surface area contributed by atoms with Crippen molar-refractivity contribution in [2.24, 2.45) is 0 Å². The average molecular weight is 386 g/mol. The van der Waals surface area contributed by atoms with Gasteiger partial charge in [-0.05, 0) is 42.3 Å². The van der Waals surface area contributed by atoms with Crippen LogP contribution in [0.2, 0.25) is 5.02 Å². The van der Waals surface area contributed by atoms with Crippen molar-refractivity contribution < 1.29 is 9.47 Å². The maximum atomic E-state index is 5.99. The van der Waals surface area contributed by atoms with Crippen molar-refractivity contribution in [3.05, 3.63) is 59.2 Å². The van der Waals surface area contributed by atoms with Gasteiger partial charge in [0.15, 0.2) is 17.3 Å². The molecule has 0 unspecified atom stereocenters. The quantitative estimate of drug-likeness (QED) is 0.607. The van der Waals surface area contributed by atoms with Crippen molar-refractivity contribution in [1.29, 1.82) is 0 Å². The highest BCUT2D eigenvalue weighted by molar-refractivity contribution is 6.30. The number of nitrogens with one attached hydrogen (secondary N) is 2. The molecule has 0 saturated heterocycles. The average Bonchev–Trinajstić information content (AvgIpc) is 2.68. The molecule has 0 bridgehead atoms. The Labute approximate surface area is 162 Å². The van der Waals surface area contributed by atoms with Crippen LogP contribution in [0.1, 0.15) is 5.56 Å². The van der Waals surface area contributed by atoms with Gasteiger partial charge in [-0.25, -0.2) is 0 Å². The maximum Gasteiger partial charge on any atom is 0.244 e. The molecule has 0 radical (unpaired) electrons. The molecule has 7 nitrogen and oxygen atoms in total. The van der Waals surface area contributed by atoms with E-state index in [1.54, 1.807) is 20.4 Å². The number of nitrogens with zero attached hydrogens (tertiary/aromatic N) is 3. The van der Waals surface area contributed by atoms with Crippen LogP contribution in [0.5, 0.6) is 11.5 Å². The third-order valence-electron chi connectivity index (χ3n) is 3.80. The summed E-state index contributed by atoms with van der Waals surface area (Å²) < 4.78 is 10.6. The van der Waals surface area contributed by atoms with E-state index in [2.05, 4.69) is 25.8 Å². The van der Waals surface area contributed by atoms with Gasteiger partial charge in [-0.1, -0.05) is 23.7 Å². The Kier molecular flexibility index (Phi) is 6.27. The van der Waals surface area contributed by atoms with E-state index in [1.165, 1.54) is 0 Å². The van der Waals surface area contributed by atoms with Gasteiger partial charge in [-0.3, -0.25) is 0 Å². The Morgan fingerprint density at radius 2 is 1.89 bits per heavy atom. The lowest BCUT2D eigenvalue weighted by Gasteiger charge is -2.10. The monoisotopic (exact) mass is 385 g/mol. The van der Waals surface area contributed by atoms with Gasteiger partial charge >= 0.3 is 0 Å². The largest absolute Gasteiger partial charge is 0.493 e. The van der Waals surface area contributed by atoms with Crippen LogP contribution in [0.4, 0.5) is 17.5 Å². The number of methoxy groups -OCH3 is 2. The van der Waals surface area contributed by atoms with E-state index in [4.69, 9.17) is 21.1 Å². The molecule has 1 heterocycles. The molecule has 2 aromatic carbocycles. The zero-order valence-electron chi connectivity index (χ0n) is 15.1. The third kappa shape index (κ3) is 5.21. The van der Waals surface area contributed by atoms with E-state index < -0.39 is 0 Å². The van der Waals surface area contributed by atoms with Gasteiger partial charge in [0.1, 0.15) is 0 Å². The number of hydrogen-bond acceptors (Lipinski definition) is 7. The zero-order valence-corrected chi connectivity index (χ0v) is 15.8. The summed E-state index contributed by atoms with van der Waals surface area (Å²) in [4.78, 5) is 4.41. The van der Waals surface area contributed by atoms with E-state index in [0.29, 0.717) is 34.8 Å². The van der Waals surface area contributed by atoms with Gasteiger partial charge in [0.25, 0.3) is 0 Å². The summed E-state index contributed by atoms with van der Waals surface area (Å²) in [6.07, 6.45) is 2.33. The second-order valence-corrected chi connectivity index (χ2v) is 6.10. The predicted molar refractivity (Wildman–Crippen MR) is 106 cm³/mol. The van der Waals surface area contributed by atoms with Gasteiger partial charge < -0.3 is 20.1 Å². The summed E-state index contributed by atoms with van der Waals surface area (Å²) >= 11 is 5.99. The molecule has 8 heteroatoms. The molecule has 0 spiro atoms. The number of hydrogen-bond donors (Lipinski definition) is 2. The minimum Gasteiger partial charge on any atom is -0.493 e. The molecule has 27 heavy (non-hydrogen) atoms. The van der Waals surface area contributed by atoms with Crippen LogP contribution in [-0.2, 0) is 6.42 Å². The van der Waals surface area contributed by atoms with Crippen molar-refractivity contribution in [2.75, 3.05) is 31.4 Å². The molecule has 140 valence electrons. The van der Waals surface area contributed by atoms with Crippen LogP contribution < -0.4 is 20.1 Å². The van der Waals surface area contributed by atoms with Gasteiger partial charge in [-0.2, -0.15) is 10.1 Å². The number of aromatic nitrogens is 3. The minimum absolute atomic E-state index is 0.447. The van der Waals surface area contributed by atoms with Crippen molar-refractivity contribution in [3.8, 4) is 11.5 Å². The molecule has 0 aliphatic heterocycles. The first kappa shape index (κ1) is 18.7. The Balaban J connectivity index is 1.58. The van der Waals surface area contributed by atoms with E-state index in [1.807, 2.05) is 42.5 Å². The molecule has 0 saturated carbocycles. The van der Waals surface area contributed by atoms with Gasteiger partial charge in [0.05, 0.1) is 20.4 Å². The summed E-state index contributed by atoms with van der Waals surface area (Å²) in [7, 11) is 3.24. The smallest absolute Gasteiger partial charge is 0.244 e. The molecule has 2 N–H and O–H groups in total. The normalized spacial score (nSPS) is 10.3. The first-order chi connectivity index (χ1) is 13.2. The lowest BCUT2D eigenvalue weighted by molar-refractivity contribution is 0.354. The molecule has 0 amide bonds. The summed E-state index contributed by atoms with van der Waals surface area (Å²) in [5.74, 6) is 2.45. The lowest BCUT2D eigenvalue weighted by atomic mass is 10.1. The van der Waals surface area contributed by atoms with E-state index in [-0.39, 0.29) is 0 Å². The molecular weight excluding hydrogens is 366 g/mol. The fourth-order valence-electron chi connectivity index (χ4n) is 2.51. The first-order valence-electron chi connectivity index (χ1n) is 8.35. The second kappa shape index (κ2) is 9.05. The molecule has 3 rings (SSSR count). The molecule has 0 atom stereocenters. The van der Waals surface area contributed by atoms with Gasteiger partial charge in [-0.15, -0.1) is 5.10 Å². The summed E-state index contributed by atoms with van der Waals surface area (Å²) in [6, 6.07) is 13.2. The molecule has 0 fully saturated rings. The maximum absolute atomic E-state index is 5.99. The van der Waals surface area contributed by atoms with E-state index in [0.717, 1.165) is 17.7 Å². The van der Waals surface area contributed by atoms with Crippen LogP contribution in [-0.4, -0.2) is 35.9 Å². The van der Waals surface area contributed by atoms with Gasteiger partial charge in [0.2, 0.25) is 5.95 Å². The van der Waals surface area contributed by atoms with E-state index in [9.17, 15) is 0 Å². The number of benzene rings is 2. The Morgan fingerprint density at radius 3 is 2.67 bits per heavy atom. The molecule has 1 aromatic heterocycles. The fraction of sp³-hybridized carbons (Fsp3) is 0.211. The van der Waals surface area contributed by atoms with Crippen LogP contribution in [0.3, 0.4) is 0 Å². The highest BCUT2D eigenvalue weighted by Crippen LogP contribution is 2.27. The van der Waals surface area contributed by atoms with Crippen molar-refractivity contribution in [2.45, 2.75) is 6.42 Å². The van der Waals surface area contributed by atoms with Crippen LogP contribution in [0.25, 0.3) is 0 Å². The highest BCUT2D eigenvalue weighted by atomic mass is 35.5. The highest BCUT2D eigenvalue weighted by Gasteiger charge is 2.05. The Bertz CT molecular complexity index is 907. The van der Waals surface area contributed by atoms with Gasteiger partial charge in [0, 0.05) is 17.3 Å². The van der Waals surface area contributed by atoms with Crippen LogP contribution >= 0.6 is 11.6 Å². The van der Waals surface area contributed by atoms with Crippen LogP contribution in [0, 0.1) is 0 Å². The minimum atomic E-state index is 0.447. The topological polar surface area (TPSA) is 81.2 Å². The number of rotatable bonds is 8. The van der Waals surface area contributed by atoms with E-state index >= 15 is 0 Å². The van der Waals surface area contributed by atoms with Crippen molar-refractivity contribution in [1.82, 2.24) is 15.2 Å². The molecular formula is C19H20ClN5O2. The van der Waals surface area contributed by atoms with Crippen LogP contribution in [0.15, 0.2) is 48.7 Å². The predicted octanol–water partition coefficient (Wildman–Crippen LogP) is 3.94. The number of halogens is 1. The standard InChI is InChI=1S/C19H20ClN5O2/c1-26-16-7-6-13(10-17(16)27-2)8-9-21-19-24-18(12-22-25-19)23-15-5-3-4-14(20)11-15/h3-7,10-12H,8-9H2,1-2H3,(H2,21,23,24,25).